The van der Waals surface area contributed by atoms with Gasteiger partial charge in [-0.1, -0.05) is 18.2 Å². The number of carbonyl (C=O) groups excluding carboxylic acids is 3. The van der Waals surface area contributed by atoms with Gasteiger partial charge in [0.05, 0.1) is 18.6 Å². The highest BCUT2D eigenvalue weighted by atomic mass is 32.1. The molecule has 10 heteroatoms. The molecular formula is C27H29N5O4S. The number of benzene rings is 2. The fourth-order valence-corrected chi connectivity index (χ4v) is 4.89. The van der Waals surface area contributed by atoms with E-state index in [0.717, 1.165) is 4.88 Å². The van der Waals surface area contributed by atoms with Gasteiger partial charge in [-0.15, -0.1) is 11.3 Å². The number of carbonyl (C=O) groups is 3. The van der Waals surface area contributed by atoms with E-state index in [1.54, 1.807) is 42.6 Å². The number of amidine groups is 1. The van der Waals surface area contributed by atoms with Crippen molar-refractivity contribution in [3.63, 3.8) is 0 Å². The second-order valence-electron chi connectivity index (χ2n) is 8.86. The number of hydrogen-bond acceptors (Lipinski definition) is 7. The molecule has 0 aliphatic carbocycles. The van der Waals surface area contributed by atoms with Crippen LogP contribution in [0.15, 0.2) is 66.0 Å². The number of Topliss-reactive ketones (excluding diaryl/α,β-unsaturated/α-hetero) is 1. The molecule has 2 aromatic carbocycles. The Bertz CT molecular complexity index is 1280. The summed E-state index contributed by atoms with van der Waals surface area (Å²) in [6.45, 7) is 2.36. The predicted molar refractivity (Wildman–Crippen MR) is 142 cm³/mol. The smallest absolute Gasteiger partial charge is 0.251 e. The Kier molecular flexibility index (Phi) is 8.32. The van der Waals surface area contributed by atoms with E-state index in [1.165, 1.54) is 11.3 Å². The molecule has 37 heavy (non-hydrogen) atoms. The zero-order chi connectivity index (χ0) is 26.4. The first kappa shape index (κ1) is 26.1. The van der Waals surface area contributed by atoms with E-state index < -0.39 is 12.1 Å². The van der Waals surface area contributed by atoms with Gasteiger partial charge in [0, 0.05) is 33.8 Å². The highest BCUT2D eigenvalue weighted by Gasteiger charge is 2.35. The van der Waals surface area contributed by atoms with E-state index in [2.05, 4.69) is 16.0 Å². The Morgan fingerprint density at radius 3 is 2.49 bits per heavy atom. The average Bonchev–Trinajstić information content (AvgIpc) is 3.58. The molecule has 2 unspecified atom stereocenters. The number of rotatable bonds is 10. The molecule has 1 aromatic heterocycles. The van der Waals surface area contributed by atoms with Gasteiger partial charge in [-0.05, 0) is 55.8 Å². The van der Waals surface area contributed by atoms with Gasteiger partial charge in [0.2, 0.25) is 5.91 Å². The van der Waals surface area contributed by atoms with Crippen LogP contribution < -0.4 is 26.4 Å². The van der Waals surface area contributed by atoms with Crippen molar-refractivity contribution in [3.05, 3.63) is 82.0 Å². The number of nitrogens with two attached hydrogens (primary N) is 1. The van der Waals surface area contributed by atoms with Crippen molar-refractivity contribution in [1.29, 1.82) is 5.41 Å². The molecule has 2 heterocycles. The van der Waals surface area contributed by atoms with Gasteiger partial charge in [-0.3, -0.25) is 19.8 Å². The highest BCUT2D eigenvalue weighted by molar-refractivity contribution is 7.10. The largest absolute Gasteiger partial charge is 0.457 e. The molecule has 0 bridgehead atoms. The van der Waals surface area contributed by atoms with E-state index in [0.29, 0.717) is 42.1 Å². The van der Waals surface area contributed by atoms with Crippen LogP contribution in [0.1, 0.15) is 34.1 Å². The Morgan fingerprint density at radius 2 is 1.81 bits per heavy atom. The fraction of sp³-hybridized carbons (Fsp3) is 0.259. The number of ketones is 1. The number of nitrogen functional groups attached to an aromatic ring is 1. The molecule has 0 saturated carbocycles. The van der Waals surface area contributed by atoms with Crippen LogP contribution in [0.3, 0.4) is 0 Å². The van der Waals surface area contributed by atoms with Crippen LogP contribution in [0.2, 0.25) is 0 Å². The number of ether oxygens (including phenoxy) is 1. The van der Waals surface area contributed by atoms with Gasteiger partial charge < -0.3 is 26.4 Å². The van der Waals surface area contributed by atoms with Crippen LogP contribution >= 0.6 is 11.3 Å². The van der Waals surface area contributed by atoms with Crippen molar-refractivity contribution in [2.75, 3.05) is 6.54 Å². The number of hydrogen-bond donors (Lipinski definition) is 5. The van der Waals surface area contributed by atoms with E-state index in [9.17, 15) is 14.4 Å². The number of para-hydroxylation sites is 1. The molecule has 1 aliphatic rings. The maximum absolute atomic E-state index is 12.9. The Labute approximate surface area is 218 Å². The van der Waals surface area contributed by atoms with Crippen molar-refractivity contribution in [3.8, 4) is 11.5 Å². The minimum Gasteiger partial charge on any atom is -0.457 e. The molecule has 9 nitrogen and oxygen atoms in total. The maximum atomic E-state index is 12.9. The lowest BCUT2D eigenvalue weighted by molar-refractivity contribution is -0.124. The normalized spacial score (nSPS) is 17.5. The lowest BCUT2D eigenvalue weighted by atomic mass is 9.95. The SMILES string of the molecule is C[C@H](NC(=O)c1ccc(Oc2ccccc2)cc1)C(=O)C1CNC(C(=O)NCc2cc(C(=N)N)cs2)C1. The Hall–Kier alpha value is -4.02. The number of amides is 2. The van der Waals surface area contributed by atoms with E-state index in [4.69, 9.17) is 15.9 Å². The Balaban J connectivity index is 1.24. The molecule has 3 aromatic rings. The van der Waals surface area contributed by atoms with Gasteiger partial charge in [-0.2, -0.15) is 0 Å². The molecule has 2 amide bonds. The van der Waals surface area contributed by atoms with Crippen LogP contribution in [0.4, 0.5) is 0 Å². The van der Waals surface area contributed by atoms with Crippen LogP contribution in [-0.2, 0) is 16.1 Å². The molecule has 1 saturated heterocycles. The minimum absolute atomic E-state index is 0.0112. The van der Waals surface area contributed by atoms with Crippen molar-refractivity contribution >= 4 is 34.8 Å². The third-order valence-electron chi connectivity index (χ3n) is 6.12. The summed E-state index contributed by atoms with van der Waals surface area (Å²) in [5, 5.41) is 18.0. The fourth-order valence-electron chi connectivity index (χ4n) is 4.07. The summed E-state index contributed by atoms with van der Waals surface area (Å²) in [5.41, 5.74) is 6.53. The van der Waals surface area contributed by atoms with Gasteiger partial charge in [0.15, 0.2) is 5.78 Å². The quantitative estimate of drug-likeness (QED) is 0.206. The third kappa shape index (κ3) is 6.81. The van der Waals surface area contributed by atoms with Gasteiger partial charge in [0.25, 0.3) is 5.91 Å². The van der Waals surface area contributed by atoms with Crippen molar-refractivity contribution in [2.45, 2.75) is 32.0 Å². The molecule has 1 aliphatic heterocycles. The summed E-state index contributed by atoms with van der Waals surface area (Å²) < 4.78 is 5.74. The van der Waals surface area contributed by atoms with Gasteiger partial charge in [-0.25, -0.2) is 0 Å². The summed E-state index contributed by atoms with van der Waals surface area (Å²) in [6, 6.07) is 16.6. The van der Waals surface area contributed by atoms with Crippen LogP contribution in [0.5, 0.6) is 11.5 Å². The second-order valence-corrected chi connectivity index (χ2v) is 9.86. The molecule has 192 valence electrons. The standard InChI is InChI=1S/C27H29N5O4S/c1-16(32-26(34)17-7-9-21(10-8-17)36-20-5-3-2-4-6-20)24(33)18-12-23(30-13-18)27(35)31-14-22-11-19(15-37-22)25(28)29/h2-11,15-16,18,23,30H,12-14H2,1H3,(H3,28,29)(H,31,35)(H,32,34)/t16-,18?,23?/m0/s1. The monoisotopic (exact) mass is 519 g/mol. The van der Waals surface area contributed by atoms with Gasteiger partial charge in [0.1, 0.15) is 17.3 Å². The minimum atomic E-state index is -0.697. The molecule has 4 rings (SSSR count). The van der Waals surface area contributed by atoms with Crippen molar-refractivity contribution in [2.24, 2.45) is 11.7 Å². The summed E-state index contributed by atoms with van der Waals surface area (Å²) in [4.78, 5) is 39.1. The molecule has 0 radical (unpaired) electrons. The maximum Gasteiger partial charge on any atom is 0.251 e. The van der Waals surface area contributed by atoms with Crippen LogP contribution in [0, 0.1) is 11.3 Å². The molecule has 0 spiro atoms. The first-order valence-corrected chi connectivity index (χ1v) is 12.8. The first-order chi connectivity index (χ1) is 17.8. The lowest BCUT2D eigenvalue weighted by Crippen LogP contribution is -2.42. The highest BCUT2D eigenvalue weighted by Crippen LogP contribution is 2.22. The summed E-state index contributed by atoms with van der Waals surface area (Å²) >= 11 is 1.42. The van der Waals surface area contributed by atoms with E-state index >= 15 is 0 Å². The zero-order valence-electron chi connectivity index (χ0n) is 20.3. The predicted octanol–water partition coefficient (Wildman–Crippen LogP) is 2.81. The topological polar surface area (TPSA) is 146 Å². The molecular weight excluding hydrogens is 490 g/mol. The lowest BCUT2D eigenvalue weighted by Gasteiger charge is -2.17. The average molecular weight is 520 g/mol. The first-order valence-electron chi connectivity index (χ1n) is 11.9. The van der Waals surface area contributed by atoms with Gasteiger partial charge >= 0.3 is 0 Å². The third-order valence-corrected chi connectivity index (χ3v) is 7.06. The van der Waals surface area contributed by atoms with E-state index in [-0.39, 0.29) is 29.4 Å². The molecule has 1 fully saturated rings. The van der Waals surface area contributed by atoms with E-state index in [1.807, 2.05) is 30.3 Å². The number of thiophene rings is 1. The molecule has 6 N–H and O–H groups in total. The molecule has 3 atom stereocenters. The van der Waals surface area contributed by atoms with Crippen LogP contribution in [-0.4, -0.2) is 42.1 Å². The summed E-state index contributed by atoms with van der Waals surface area (Å²) in [5.74, 6) is 0.248. The second kappa shape index (κ2) is 11.8. The number of nitrogens with one attached hydrogen (secondary N) is 4. The summed E-state index contributed by atoms with van der Waals surface area (Å²) in [7, 11) is 0. The summed E-state index contributed by atoms with van der Waals surface area (Å²) in [6.07, 6.45) is 0.361. The van der Waals surface area contributed by atoms with Crippen LogP contribution in [0.25, 0.3) is 0 Å². The van der Waals surface area contributed by atoms with Crippen molar-refractivity contribution < 1.29 is 19.1 Å². The Morgan fingerprint density at radius 1 is 1.11 bits per heavy atom. The zero-order valence-corrected chi connectivity index (χ0v) is 21.1. The van der Waals surface area contributed by atoms with Crippen molar-refractivity contribution in [1.82, 2.24) is 16.0 Å².